The predicted octanol–water partition coefficient (Wildman–Crippen LogP) is 3.55. The zero-order valence-electron chi connectivity index (χ0n) is 17.4. The second-order valence-electron chi connectivity index (χ2n) is 9.03. The van der Waals surface area contributed by atoms with E-state index >= 15 is 0 Å². The molecule has 29 heavy (non-hydrogen) atoms. The van der Waals surface area contributed by atoms with Gasteiger partial charge in [-0.15, -0.1) is 0 Å². The van der Waals surface area contributed by atoms with E-state index < -0.39 is 0 Å². The van der Waals surface area contributed by atoms with Crippen LogP contribution in [0, 0.1) is 5.92 Å². The lowest BCUT2D eigenvalue weighted by Gasteiger charge is -2.38. The maximum atomic E-state index is 10.6. The Hall–Kier alpha value is -2.08. The van der Waals surface area contributed by atoms with Gasteiger partial charge < -0.3 is 10.0 Å². The summed E-state index contributed by atoms with van der Waals surface area (Å²) in [5.41, 5.74) is 3.22. The van der Waals surface area contributed by atoms with Crippen LogP contribution in [0.3, 0.4) is 0 Å². The molecule has 2 aliphatic carbocycles. The van der Waals surface area contributed by atoms with E-state index in [2.05, 4.69) is 25.9 Å². The van der Waals surface area contributed by atoms with Crippen molar-refractivity contribution in [3.05, 3.63) is 29.6 Å². The zero-order valence-corrected chi connectivity index (χ0v) is 17.4. The van der Waals surface area contributed by atoms with Gasteiger partial charge in [0.2, 0.25) is 5.88 Å². The maximum absolute atomic E-state index is 10.6. The summed E-state index contributed by atoms with van der Waals surface area (Å²) in [4.78, 5) is 9.71. The standard InChI is InChI=1S/C23H33N5O/c29-23-20-8-4-5-9-21(20)25-28(23)22-11-10-19(16-24-22)27-14-12-26(13-15-27)17-18-6-2-1-3-7-18/h10-11,16,18,29H,1-9,12-15,17H2. The largest absolute Gasteiger partial charge is 0.493 e. The molecule has 1 saturated heterocycles. The number of anilines is 1. The molecule has 0 radical (unpaired) electrons. The molecule has 3 heterocycles. The lowest BCUT2D eigenvalue weighted by atomic mass is 9.89. The van der Waals surface area contributed by atoms with E-state index in [4.69, 9.17) is 0 Å². The summed E-state index contributed by atoms with van der Waals surface area (Å²) >= 11 is 0. The van der Waals surface area contributed by atoms with Crippen LogP contribution in [0.4, 0.5) is 5.69 Å². The van der Waals surface area contributed by atoms with E-state index in [0.717, 1.165) is 69.0 Å². The summed E-state index contributed by atoms with van der Waals surface area (Å²) in [6, 6.07) is 4.11. The van der Waals surface area contributed by atoms with Crippen LogP contribution < -0.4 is 4.90 Å². The number of hydrogen-bond acceptors (Lipinski definition) is 5. The molecule has 6 nitrogen and oxygen atoms in total. The summed E-state index contributed by atoms with van der Waals surface area (Å²) < 4.78 is 1.61. The molecule has 156 valence electrons. The number of piperazine rings is 1. The number of aryl methyl sites for hydroxylation is 1. The molecule has 2 aromatic heterocycles. The fourth-order valence-electron chi connectivity index (χ4n) is 5.31. The van der Waals surface area contributed by atoms with Crippen molar-refractivity contribution in [3.8, 4) is 11.7 Å². The second-order valence-corrected chi connectivity index (χ2v) is 9.03. The number of pyridine rings is 1. The van der Waals surface area contributed by atoms with Gasteiger partial charge in [0.25, 0.3) is 0 Å². The first kappa shape index (κ1) is 18.9. The highest BCUT2D eigenvalue weighted by molar-refractivity contribution is 5.48. The smallest absolute Gasteiger partial charge is 0.219 e. The molecule has 3 aliphatic rings. The van der Waals surface area contributed by atoms with Gasteiger partial charge in [-0.2, -0.15) is 9.78 Å². The molecule has 0 bridgehead atoms. The molecule has 0 amide bonds. The van der Waals surface area contributed by atoms with Crippen LogP contribution in [0.2, 0.25) is 0 Å². The SMILES string of the molecule is Oc1c2c(nn1-c1ccc(N3CCN(CC4CCCCC4)CC3)cn1)CCCC2. The van der Waals surface area contributed by atoms with Crippen molar-refractivity contribution in [1.29, 1.82) is 0 Å². The zero-order chi connectivity index (χ0) is 19.6. The fraction of sp³-hybridized carbons (Fsp3) is 0.652. The fourth-order valence-corrected chi connectivity index (χ4v) is 5.31. The van der Waals surface area contributed by atoms with E-state index in [1.54, 1.807) is 4.68 Å². The van der Waals surface area contributed by atoms with Gasteiger partial charge in [0, 0.05) is 38.3 Å². The van der Waals surface area contributed by atoms with Gasteiger partial charge in [-0.1, -0.05) is 19.3 Å². The quantitative estimate of drug-likeness (QED) is 0.858. The Balaban J connectivity index is 1.21. The van der Waals surface area contributed by atoms with Gasteiger partial charge in [-0.25, -0.2) is 4.98 Å². The Labute approximate surface area is 173 Å². The van der Waals surface area contributed by atoms with Crippen molar-refractivity contribution in [2.45, 2.75) is 57.8 Å². The van der Waals surface area contributed by atoms with Crippen molar-refractivity contribution in [3.63, 3.8) is 0 Å². The van der Waals surface area contributed by atoms with Crippen LogP contribution in [0.15, 0.2) is 18.3 Å². The van der Waals surface area contributed by atoms with Gasteiger partial charge >= 0.3 is 0 Å². The molecule has 5 rings (SSSR count). The van der Waals surface area contributed by atoms with Crippen LogP contribution in [0.1, 0.15) is 56.2 Å². The molecular formula is C23H33N5O. The molecule has 0 aromatic carbocycles. The molecule has 1 N–H and O–H groups in total. The first-order valence-electron chi connectivity index (χ1n) is 11.5. The third kappa shape index (κ3) is 4.00. The summed E-state index contributed by atoms with van der Waals surface area (Å²) in [6.45, 7) is 5.70. The second kappa shape index (κ2) is 8.34. The van der Waals surface area contributed by atoms with E-state index in [0.29, 0.717) is 5.82 Å². The van der Waals surface area contributed by atoms with Crippen molar-refractivity contribution in [1.82, 2.24) is 19.7 Å². The Morgan fingerprint density at radius 3 is 2.45 bits per heavy atom. The average molecular weight is 396 g/mol. The first-order valence-corrected chi connectivity index (χ1v) is 11.5. The molecule has 0 unspecified atom stereocenters. The Kier molecular flexibility index (Phi) is 5.44. The molecular weight excluding hydrogens is 362 g/mol. The number of aromatic nitrogens is 3. The van der Waals surface area contributed by atoms with Gasteiger partial charge in [-0.05, 0) is 56.6 Å². The maximum Gasteiger partial charge on any atom is 0.219 e. The number of aromatic hydroxyl groups is 1. The Bertz CT molecular complexity index is 817. The van der Waals surface area contributed by atoms with E-state index in [9.17, 15) is 5.11 Å². The molecule has 2 aromatic rings. The summed E-state index contributed by atoms with van der Waals surface area (Å²) in [5, 5.41) is 15.2. The summed E-state index contributed by atoms with van der Waals surface area (Å²) in [6.07, 6.45) is 13.2. The molecule has 0 atom stereocenters. The van der Waals surface area contributed by atoms with Gasteiger partial charge in [-0.3, -0.25) is 4.90 Å². The Morgan fingerprint density at radius 1 is 0.931 bits per heavy atom. The highest BCUT2D eigenvalue weighted by Gasteiger charge is 2.23. The van der Waals surface area contributed by atoms with E-state index in [-0.39, 0.29) is 5.88 Å². The molecule has 6 heteroatoms. The van der Waals surface area contributed by atoms with E-state index in [1.807, 2.05) is 12.3 Å². The normalized spacial score (nSPS) is 21.3. The van der Waals surface area contributed by atoms with Crippen LogP contribution in [-0.2, 0) is 12.8 Å². The molecule has 2 fully saturated rings. The topological polar surface area (TPSA) is 57.4 Å². The minimum atomic E-state index is 0.274. The Morgan fingerprint density at radius 2 is 1.72 bits per heavy atom. The number of hydrogen-bond donors (Lipinski definition) is 1. The van der Waals surface area contributed by atoms with Crippen LogP contribution in [0.5, 0.6) is 5.88 Å². The van der Waals surface area contributed by atoms with Crippen molar-refractivity contribution in [2.75, 3.05) is 37.6 Å². The van der Waals surface area contributed by atoms with Gasteiger partial charge in [0.1, 0.15) is 0 Å². The highest BCUT2D eigenvalue weighted by atomic mass is 16.3. The van der Waals surface area contributed by atoms with Crippen molar-refractivity contribution in [2.24, 2.45) is 5.92 Å². The third-order valence-electron chi connectivity index (χ3n) is 7.06. The predicted molar refractivity (Wildman–Crippen MR) is 115 cm³/mol. The first-order chi connectivity index (χ1) is 14.3. The summed E-state index contributed by atoms with van der Waals surface area (Å²) in [7, 11) is 0. The van der Waals surface area contributed by atoms with Gasteiger partial charge in [0.05, 0.1) is 17.6 Å². The number of rotatable bonds is 4. The van der Waals surface area contributed by atoms with Gasteiger partial charge in [0.15, 0.2) is 5.82 Å². The monoisotopic (exact) mass is 395 g/mol. The molecule has 1 saturated carbocycles. The lowest BCUT2D eigenvalue weighted by Crippen LogP contribution is -2.48. The number of nitrogens with zero attached hydrogens (tertiary/aromatic N) is 5. The average Bonchev–Trinajstić information content (AvgIpc) is 3.12. The van der Waals surface area contributed by atoms with Crippen molar-refractivity contribution >= 4 is 5.69 Å². The van der Waals surface area contributed by atoms with Crippen LogP contribution in [0.25, 0.3) is 5.82 Å². The van der Waals surface area contributed by atoms with Crippen LogP contribution in [-0.4, -0.2) is 57.5 Å². The minimum Gasteiger partial charge on any atom is -0.493 e. The lowest BCUT2D eigenvalue weighted by molar-refractivity contribution is 0.192. The highest BCUT2D eigenvalue weighted by Crippen LogP contribution is 2.31. The number of fused-ring (bicyclic) bond motifs is 1. The molecule has 0 spiro atoms. The van der Waals surface area contributed by atoms with Crippen LogP contribution >= 0.6 is 0 Å². The van der Waals surface area contributed by atoms with Crippen molar-refractivity contribution < 1.29 is 5.11 Å². The minimum absolute atomic E-state index is 0.274. The third-order valence-corrected chi connectivity index (χ3v) is 7.06. The van der Waals surface area contributed by atoms with E-state index in [1.165, 1.54) is 44.3 Å². The summed E-state index contributed by atoms with van der Waals surface area (Å²) in [5.74, 6) is 1.90. The molecule has 1 aliphatic heterocycles.